The molecule has 20 heavy (non-hydrogen) atoms. The van der Waals surface area contributed by atoms with Gasteiger partial charge in [-0.25, -0.2) is 4.39 Å². The smallest absolute Gasteiger partial charge is 0.224 e. The average Bonchev–Trinajstić information content (AvgIpc) is 2.10. The highest BCUT2D eigenvalue weighted by atomic mass is 127. The molecule has 2 unspecified atom stereocenters. The molecule has 0 N–H and O–H groups in total. The van der Waals surface area contributed by atoms with Crippen molar-refractivity contribution in [1.29, 1.82) is 0 Å². The van der Waals surface area contributed by atoms with Gasteiger partial charge in [-0.3, -0.25) is 0 Å². The van der Waals surface area contributed by atoms with Gasteiger partial charge in [-0.2, -0.15) is 39.5 Å². The van der Waals surface area contributed by atoms with Gasteiger partial charge >= 0.3 is 18.5 Å². The fraction of sp³-hybridized carbons (Fsp3) is 1.00. The van der Waals surface area contributed by atoms with Crippen molar-refractivity contribution in [2.75, 3.05) is 0 Å². The zero-order valence-electron chi connectivity index (χ0n) is 9.73. The van der Waals surface area contributed by atoms with E-state index in [1.807, 2.05) is 0 Å². The maximum atomic E-state index is 13.3. The van der Waals surface area contributed by atoms with Gasteiger partial charge in [0.1, 0.15) is 0 Å². The monoisotopic (exact) mass is 434 g/mol. The third-order valence-corrected chi connectivity index (χ3v) is 3.01. The summed E-state index contributed by atoms with van der Waals surface area (Å²) in [5.41, 5.74) is -5.88. The van der Waals surface area contributed by atoms with E-state index in [0.717, 1.165) is 0 Å². The summed E-state index contributed by atoms with van der Waals surface area (Å²) in [6.45, 7) is 1.17. The lowest BCUT2D eigenvalue weighted by molar-refractivity contribution is -0.352. The Morgan fingerprint density at radius 2 is 1.15 bits per heavy atom. The van der Waals surface area contributed by atoms with E-state index in [-0.39, 0.29) is 0 Å². The maximum Gasteiger partial charge on any atom is 0.431 e. The van der Waals surface area contributed by atoms with Gasteiger partial charge in [-0.15, -0.1) is 0 Å². The van der Waals surface area contributed by atoms with Crippen LogP contribution in [0.5, 0.6) is 0 Å². The van der Waals surface area contributed by atoms with Crippen LogP contribution in [0.3, 0.4) is 0 Å². The van der Waals surface area contributed by atoms with Crippen molar-refractivity contribution >= 4 is 22.6 Å². The molecule has 0 spiro atoms. The predicted octanol–water partition coefficient (Wildman–Crippen LogP) is 5.60. The quantitative estimate of drug-likeness (QED) is 0.307. The Hall–Kier alpha value is 0.0300. The van der Waals surface area contributed by atoms with E-state index in [1.165, 1.54) is 29.5 Å². The first-order valence-electron chi connectivity index (χ1n) is 5.05. The molecule has 0 rings (SSSR count). The highest BCUT2D eigenvalue weighted by Crippen LogP contribution is 2.52. The molecule has 0 fully saturated rings. The summed E-state index contributed by atoms with van der Waals surface area (Å²) < 4.78 is 123. The molecule has 122 valence electrons. The second-order valence-electron chi connectivity index (χ2n) is 4.26. The van der Waals surface area contributed by atoms with Gasteiger partial charge < -0.3 is 0 Å². The fourth-order valence-electron chi connectivity index (χ4n) is 1.46. The molecular formula is C9H9F10I. The molecule has 0 radical (unpaired) electrons. The Kier molecular flexibility index (Phi) is 6.04. The van der Waals surface area contributed by atoms with Gasteiger partial charge in [0.15, 0.2) is 0 Å². The third kappa shape index (κ3) is 4.79. The summed E-state index contributed by atoms with van der Waals surface area (Å²) >= 11 is 1.41. The Bertz CT molecular complexity index is 298. The van der Waals surface area contributed by atoms with Crippen LogP contribution in [-0.4, -0.2) is 28.1 Å². The van der Waals surface area contributed by atoms with Crippen LogP contribution >= 0.6 is 22.6 Å². The van der Waals surface area contributed by atoms with Crippen LogP contribution in [0.1, 0.15) is 19.8 Å². The Morgan fingerprint density at radius 3 is 1.35 bits per heavy atom. The van der Waals surface area contributed by atoms with Crippen molar-refractivity contribution < 1.29 is 43.9 Å². The van der Waals surface area contributed by atoms with E-state index in [2.05, 4.69) is 0 Å². The molecule has 11 heteroatoms. The lowest BCUT2D eigenvalue weighted by Gasteiger charge is -2.34. The molecule has 0 aliphatic rings. The lowest BCUT2D eigenvalue weighted by atomic mass is 9.87. The lowest BCUT2D eigenvalue weighted by Crippen LogP contribution is -2.55. The predicted molar refractivity (Wildman–Crippen MR) is 58.2 cm³/mol. The van der Waals surface area contributed by atoms with Gasteiger partial charge in [-0.05, 0) is 6.42 Å². The minimum Gasteiger partial charge on any atom is -0.224 e. The summed E-state index contributed by atoms with van der Waals surface area (Å²) in [4.78, 5) is 0. The second kappa shape index (κ2) is 6.03. The van der Waals surface area contributed by atoms with Gasteiger partial charge in [0.2, 0.25) is 0 Å². The topological polar surface area (TPSA) is 0 Å². The number of rotatable bonds is 4. The van der Waals surface area contributed by atoms with Gasteiger partial charge in [0.25, 0.3) is 5.67 Å². The molecule has 0 aromatic rings. The fourth-order valence-corrected chi connectivity index (χ4v) is 2.07. The zero-order valence-corrected chi connectivity index (χ0v) is 11.9. The third-order valence-electron chi connectivity index (χ3n) is 2.50. The summed E-state index contributed by atoms with van der Waals surface area (Å²) in [5.74, 6) is -3.04. The van der Waals surface area contributed by atoms with E-state index in [1.54, 1.807) is 0 Å². The molecule has 0 aliphatic heterocycles. The second-order valence-corrected chi connectivity index (χ2v) is 6.38. The first-order chi connectivity index (χ1) is 8.52. The van der Waals surface area contributed by atoms with Crippen molar-refractivity contribution in [3.05, 3.63) is 0 Å². The van der Waals surface area contributed by atoms with Crippen LogP contribution in [0.2, 0.25) is 0 Å². The highest BCUT2D eigenvalue weighted by molar-refractivity contribution is 14.1. The Morgan fingerprint density at radius 1 is 0.800 bits per heavy atom. The van der Waals surface area contributed by atoms with Gasteiger partial charge in [0.05, 0.1) is 5.92 Å². The van der Waals surface area contributed by atoms with Crippen molar-refractivity contribution in [2.45, 2.75) is 47.9 Å². The number of halogens is 11. The Labute approximate surface area is 121 Å². The van der Waals surface area contributed by atoms with Crippen LogP contribution in [0.15, 0.2) is 0 Å². The highest BCUT2D eigenvalue weighted by Gasteiger charge is 2.73. The number of hydrogen-bond donors (Lipinski definition) is 0. The molecule has 0 aromatic carbocycles. The minimum atomic E-state index is -6.47. The molecule has 0 saturated carbocycles. The van der Waals surface area contributed by atoms with Crippen molar-refractivity contribution in [3.63, 3.8) is 0 Å². The number of alkyl halides is 11. The van der Waals surface area contributed by atoms with Crippen LogP contribution in [0, 0.1) is 5.92 Å². The van der Waals surface area contributed by atoms with Crippen molar-refractivity contribution in [1.82, 2.24) is 0 Å². The molecule has 0 bridgehead atoms. The van der Waals surface area contributed by atoms with E-state index in [9.17, 15) is 43.9 Å². The number of hydrogen-bond acceptors (Lipinski definition) is 0. The van der Waals surface area contributed by atoms with Crippen LogP contribution in [0.25, 0.3) is 0 Å². The normalized spacial score (nSPS) is 18.0. The van der Waals surface area contributed by atoms with E-state index < -0.39 is 46.9 Å². The summed E-state index contributed by atoms with van der Waals surface area (Å²) in [6.07, 6.45) is -22.1. The SMILES string of the molecule is CC(I)CC(CC(F)(C(F)(F)F)C(F)(F)F)C(F)(F)F. The molecule has 0 amide bonds. The van der Waals surface area contributed by atoms with Crippen LogP contribution in [-0.2, 0) is 0 Å². The van der Waals surface area contributed by atoms with Crippen molar-refractivity contribution in [3.8, 4) is 0 Å². The molecule has 0 aromatic heterocycles. The maximum absolute atomic E-state index is 13.3. The van der Waals surface area contributed by atoms with E-state index in [0.29, 0.717) is 0 Å². The molecule has 0 saturated heterocycles. The zero-order chi connectivity index (χ0) is 16.6. The summed E-state index contributed by atoms with van der Waals surface area (Å²) in [6, 6.07) is 0. The molecule has 0 heterocycles. The van der Waals surface area contributed by atoms with Gasteiger partial charge in [-0.1, -0.05) is 29.5 Å². The van der Waals surface area contributed by atoms with Crippen LogP contribution < -0.4 is 0 Å². The van der Waals surface area contributed by atoms with E-state index >= 15 is 0 Å². The largest absolute Gasteiger partial charge is 0.431 e. The molecule has 0 nitrogen and oxygen atoms in total. The molecule has 0 aliphatic carbocycles. The standard InChI is InChI=1S/C9H9F10I/c1-4(20)2-5(7(11,12)13)3-6(10,8(14,15)16)9(17,18)19/h4-5H,2-3H2,1H3. The van der Waals surface area contributed by atoms with Crippen LogP contribution in [0.4, 0.5) is 43.9 Å². The first kappa shape index (κ1) is 20.0. The molecule has 2 atom stereocenters. The van der Waals surface area contributed by atoms with Crippen molar-refractivity contribution in [2.24, 2.45) is 5.92 Å². The summed E-state index contributed by atoms with van der Waals surface area (Å²) in [5, 5.41) is 0. The van der Waals surface area contributed by atoms with E-state index in [4.69, 9.17) is 0 Å². The summed E-state index contributed by atoms with van der Waals surface area (Å²) in [7, 11) is 0. The van der Waals surface area contributed by atoms with Gasteiger partial charge in [0, 0.05) is 10.3 Å². The minimum absolute atomic E-state index is 0.870. The molecular weight excluding hydrogens is 425 g/mol. The average molecular weight is 434 g/mol. The first-order valence-corrected chi connectivity index (χ1v) is 6.30. The Balaban J connectivity index is 5.53.